The van der Waals surface area contributed by atoms with E-state index in [9.17, 15) is 8.42 Å². The summed E-state index contributed by atoms with van der Waals surface area (Å²) in [7, 11) is -3.52. The van der Waals surface area contributed by atoms with Crippen molar-refractivity contribution in [2.24, 2.45) is 0 Å². The first-order valence-electron chi connectivity index (χ1n) is 5.51. The summed E-state index contributed by atoms with van der Waals surface area (Å²) in [6.45, 7) is 0. The van der Waals surface area contributed by atoms with Crippen molar-refractivity contribution in [3.05, 3.63) is 14.9 Å². The van der Waals surface area contributed by atoms with Gasteiger partial charge in [0.1, 0.15) is 4.21 Å². The minimum atomic E-state index is -3.52. The van der Waals surface area contributed by atoms with Crippen molar-refractivity contribution < 1.29 is 8.42 Å². The molecule has 0 bridgehead atoms. The van der Waals surface area contributed by atoms with E-state index in [-0.39, 0.29) is 15.6 Å². The Morgan fingerprint density at radius 3 is 2.61 bits per heavy atom. The van der Waals surface area contributed by atoms with Gasteiger partial charge in [0.15, 0.2) is 0 Å². The van der Waals surface area contributed by atoms with Crippen LogP contribution >= 0.6 is 50.5 Å². The molecule has 1 heterocycles. The van der Waals surface area contributed by atoms with Gasteiger partial charge in [-0.1, -0.05) is 24.4 Å². The van der Waals surface area contributed by atoms with Crippen LogP contribution in [0.5, 0.6) is 0 Å². The van der Waals surface area contributed by atoms with Gasteiger partial charge in [-0.25, -0.2) is 13.1 Å². The highest BCUT2D eigenvalue weighted by atomic mass is 79.9. The standard InChI is InChI=1S/C10H12BrCl2NO2S2/c11-10-7(13)5-9(17-10)18(15,16)14-8-4-2-1-3-6(8)12/h5-6,8,14H,1-4H2. The fraction of sp³-hybridized carbons (Fsp3) is 0.600. The SMILES string of the molecule is O=S(=O)(NC1CCCCC1Cl)c1cc(Cl)c(Br)s1. The second-order valence-electron chi connectivity index (χ2n) is 4.22. The second kappa shape index (κ2) is 5.97. The number of hydrogen-bond donors (Lipinski definition) is 1. The molecule has 0 spiro atoms. The number of sulfonamides is 1. The first-order chi connectivity index (χ1) is 8.40. The lowest BCUT2D eigenvalue weighted by molar-refractivity contribution is 0.418. The molecular formula is C10H12BrCl2NO2S2. The van der Waals surface area contributed by atoms with Gasteiger partial charge in [-0.3, -0.25) is 0 Å². The van der Waals surface area contributed by atoms with Crippen LogP contribution in [0.25, 0.3) is 0 Å². The summed E-state index contributed by atoms with van der Waals surface area (Å²) < 4.78 is 27.9. The average molecular weight is 393 g/mol. The van der Waals surface area contributed by atoms with Gasteiger partial charge in [-0.15, -0.1) is 22.9 Å². The average Bonchev–Trinajstić information content (AvgIpc) is 2.63. The Kier molecular flexibility index (Phi) is 5.00. The van der Waals surface area contributed by atoms with Crippen LogP contribution in [-0.4, -0.2) is 19.8 Å². The molecular weight excluding hydrogens is 381 g/mol. The van der Waals surface area contributed by atoms with Gasteiger partial charge in [0.25, 0.3) is 0 Å². The summed E-state index contributed by atoms with van der Waals surface area (Å²) >= 11 is 16.3. The third-order valence-corrected chi connectivity index (χ3v) is 7.84. The molecule has 3 nitrogen and oxygen atoms in total. The number of thiophene rings is 1. The Hall–Kier alpha value is 0.670. The Morgan fingerprint density at radius 1 is 1.39 bits per heavy atom. The van der Waals surface area contributed by atoms with Crippen LogP contribution in [0, 0.1) is 0 Å². The van der Waals surface area contributed by atoms with E-state index in [2.05, 4.69) is 20.7 Å². The molecule has 1 N–H and O–H groups in total. The molecule has 102 valence electrons. The van der Waals surface area contributed by atoms with E-state index in [1.54, 1.807) is 0 Å². The third kappa shape index (κ3) is 3.41. The van der Waals surface area contributed by atoms with Gasteiger partial charge in [0.05, 0.1) is 8.81 Å². The van der Waals surface area contributed by atoms with Crippen LogP contribution in [0.4, 0.5) is 0 Å². The highest BCUT2D eigenvalue weighted by molar-refractivity contribution is 9.11. The number of alkyl halides is 1. The molecule has 2 rings (SSSR count). The zero-order valence-corrected chi connectivity index (χ0v) is 14.1. The van der Waals surface area contributed by atoms with Crippen molar-refractivity contribution in [2.45, 2.75) is 41.3 Å². The van der Waals surface area contributed by atoms with Crippen molar-refractivity contribution >= 4 is 60.5 Å². The minimum Gasteiger partial charge on any atom is -0.206 e. The fourth-order valence-electron chi connectivity index (χ4n) is 1.93. The molecule has 0 saturated heterocycles. The lowest BCUT2D eigenvalue weighted by Gasteiger charge is -2.27. The van der Waals surface area contributed by atoms with Crippen molar-refractivity contribution in [3.8, 4) is 0 Å². The van der Waals surface area contributed by atoms with E-state index < -0.39 is 10.0 Å². The van der Waals surface area contributed by atoms with Crippen LogP contribution in [0.15, 0.2) is 14.1 Å². The molecule has 2 unspecified atom stereocenters. The summed E-state index contributed by atoms with van der Waals surface area (Å²) in [5.41, 5.74) is 0. The summed E-state index contributed by atoms with van der Waals surface area (Å²) in [4.78, 5) is 0. The minimum absolute atomic E-state index is 0.132. The van der Waals surface area contributed by atoms with Crippen LogP contribution in [0.1, 0.15) is 25.7 Å². The van der Waals surface area contributed by atoms with Crippen LogP contribution in [-0.2, 0) is 10.0 Å². The lowest BCUT2D eigenvalue weighted by Crippen LogP contribution is -2.42. The summed E-state index contributed by atoms with van der Waals surface area (Å²) in [5, 5.41) is 0.277. The van der Waals surface area contributed by atoms with Crippen LogP contribution in [0.2, 0.25) is 5.02 Å². The first kappa shape index (κ1) is 15.1. The normalized spacial score (nSPS) is 25.3. The van der Waals surface area contributed by atoms with Gasteiger partial charge in [-0.05, 0) is 34.8 Å². The molecule has 2 atom stereocenters. The summed E-state index contributed by atoms with van der Waals surface area (Å²) in [6.07, 6.45) is 3.70. The third-order valence-electron chi connectivity index (χ3n) is 2.88. The van der Waals surface area contributed by atoms with E-state index in [1.807, 2.05) is 0 Å². The Bertz CT molecular complexity index is 512. The second-order valence-corrected chi connectivity index (χ2v) is 9.49. The molecule has 1 aliphatic rings. The highest BCUT2D eigenvalue weighted by Crippen LogP contribution is 2.35. The predicted octanol–water partition coefficient (Wildman–Crippen LogP) is 3.99. The first-order valence-corrected chi connectivity index (χ1v) is 9.42. The fourth-order valence-corrected chi connectivity index (χ4v) is 6.08. The molecule has 1 aliphatic carbocycles. The molecule has 0 radical (unpaired) electrons. The van der Waals surface area contributed by atoms with Gasteiger partial charge >= 0.3 is 0 Å². The van der Waals surface area contributed by atoms with Crippen molar-refractivity contribution in [3.63, 3.8) is 0 Å². The Balaban J connectivity index is 2.16. The van der Waals surface area contributed by atoms with Crippen LogP contribution < -0.4 is 4.72 Å². The van der Waals surface area contributed by atoms with Gasteiger partial charge < -0.3 is 0 Å². The zero-order chi connectivity index (χ0) is 13.3. The molecule has 0 aliphatic heterocycles. The van der Waals surface area contributed by atoms with Crippen molar-refractivity contribution in [1.29, 1.82) is 0 Å². The Morgan fingerprint density at radius 2 is 2.06 bits per heavy atom. The number of halogens is 3. The number of hydrogen-bond acceptors (Lipinski definition) is 3. The van der Waals surface area contributed by atoms with Crippen molar-refractivity contribution in [2.75, 3.05) is 0 Å². The smallest absolute Gasteiger partial charge is 0.206 e. The van der Waals surface area contributed by atoms with E-state index in [0.29, 0.717) is 8.81 Å². The maximum absolute atomic E-state index is 12.2. The molecule has 0 amide bonds. The zero-order valence-electron chi connectivity index (χ0n) is 9.33. The van der Waals surface area contributed by atoms with Gasteiger partial charge in [0.2, 0.25) is 10.0 Å². The molecule has 1 fully saturated rings. The number of rotatable bonds is 3. The molecule has 1 saturated carbocycles. The van der Waals surface area contributed by atoms with Gasteiger partial charge in [-0.2, -0.15) is 0 Å². The molecule has 8 heteroatoms. The highest BCUT2D eigenvalue weighted by Gasteiger charge is 2.29. The quantitative estimate of drug-likeness (QED) is 0.790. The molecule has 1 aromatic heterocycles. The van der Waals surface area contributed by atoms with E-state index in [0.717, 1.165) is 37.0 Å². The number of nitrogens with one attached hydrogen (secondary N) is 1. The van der Waals surface area contributed by atoms with Crippen molar-refractivity contribution in [1.82, 2.24) is 4.72 Å². The summed E-state index contributed by atoms with van der Waals surface area (Å²) in [5.74, 6) is 0. The monoisotopic (exact) mass is 391 g/mol. The Labute approximate surface area is 129 Å². The molecule has 0 aromatic carbocycles. The maximum Gasteiger partial charge on any atom is 0.250 e. The van der Waals surface area contributed by atoms with Gasteiger partial charge in [0, 0.05) is 11.4 Å². The predicted molar refractivity (Wildman–Crippen MR) is 79.2 cm³/mol. The van der Waals surface area contributed by atoms with E-state index in [4.69, 9.17) is 23.2 Å². The largest absolute Gasteiger partial charge is 0.250 e. The van der Waals surface area contributed by atoms with Crippen LogP contribution in [0.3, 0.4) is 0 Å². The topological polar surface area (TPSA) is 46.2 Å². The summed E-state index contributed by atoms with van der Waals surface area (Å²) in [6, 6.07) is 1.26. The molecule has 1 aromatic rings. The van der Waals surface area contributed by atoms with E-state index in [1.165, 1.54) is 6.07 Å². The molecule has 18 heavy (non-hydrogen) atoms. The maximum atomic E-state index is 12.2. The lowest BCUT2D eigenvalue weighted by atomic mass is 9.96. The van der Waals surface area contributed by atoms with E-state index >= 15 is 0 Å².